The standard InChI is InChI=1S/C13H13F3N2OS/c1-2-17-11(12-18-6-7-20-12)9-4-3-5-10(8-9)19-13(14,15)16/h3-8,11,17H,2H2,1H3. The number of thiazole rings is 1. The average Bonchev–Trinajstić information content (AvgIpc) is 2.87. The van der Waals surface area contributed by atoms with Crippen LogP contribution in [0.5, 0.6) is 5.75 Å². The molecule has 0 amide bonds. The van der Waals surface area contributed by atoms with E-state index in [1.54, 1.807) is 12.3 Å². The molecular formula is C13H13F3N2OS. The Labute approximate surface area is 118 Å². The third-order valence-corrected chi connectivity index (χ3v) is 3.37. The number of hydrogen-bond acceptors (Lipinski definition) is 4. The summed E-state index contributed by atoms with van der Waals surface area (Å²) in [6.45, 7) is 2.60. The lowest BCUT2D eigenvalue weighted by molar-refractivity contribution is -0.274. The second-order valence-corrected chi connectivity index (χ2v) is 4.91. The summed E-state index contributed by atoms with van der Waals surface area (Å²) in [7, 11) is 0. The van der Waals surface area contributed by atoms with Crippen molar-refractivity contribution in [3.8, 4) is 5.75 Å². The molecular weight excluding hydrogens is 289 g/mol. The fourth-order valence-electron chi connectivity index (χ4n) is 1.82. The first-order chi connectivity index (χ1) is 9.49. The van der Waals surface area contributed by atoms with Crippen molar-refractivity contribution in [1.82, 2.24) is 10.3 Å². The van der Waals surface area contributed by atoms with Gasteiger partial charge in [0.05, 0.1) is 6.04 Å². The smallest absolute Gasteiger partial charge is 0.406 e. The van der Waals surface area contributed by atoms with Crippen LogP contribution in [0.25, 0.3) is 0 Å². The Bertz CT molecular complexity index is 543. The number of alkyl halides is 3. The number of rotatable bonds is 5. The van der Waals surface area contributed by atoms with Crippen molar-refractivity contribution in [3.05, 3.63) is 46.4 Å². The van der Waals surface area contributed by atoms with Crippen LogP contribution < -0.4 is 10.1 Å². The molecule has 1 N–H and O–H groups in total. The molecule has 0 spiro atoms. The number of nitrogens with one attached hydrogen (secondary N) is 1. The van der Waals surface area contributed by atoms with Crippen LogP contribution in [0.1, 0.15) is 23.5 Å². The van der Waals surface area contributed by atoms with Crippen molar-refractivity contribution >= 4 is 11.3 Å². The molecule has 1 unspecified atom stereocenters. The van der Waals surface area contributed by atoms with Gasteiger partial charge in [-0.25, -0.2) is 4.98 Å². The lowest BCUT2D eigenvalue weighted by Crippen LogP contribution is -2.22. The van der Waals surface area contributed by atoms with Gasteiger partial charge in [-0.2, -0.15) is 0 Å². The summed E-state index contributed by atoms with van der Waals surface area (Å²) in [6, 6.07) is 5.70. The molecule has 2 rings (SSSR count). The first-order valence-electron chi connectivity index (χ1n) is 5.98. The van der Waals surface area contributed by atoms with E-state index >= 15 is 0 Å². The zero-order valence-corrected chi connectivity index (χ0v) is 11.5. The predicted molar refractivity (Wildman–Crippen MR) is 70.8 cm³/mol. The number of hydrogen-bond donors (Lipinski definition) is 1. The largest absolute Gasteiger partial charge is 0.573 e. The molecule has 3 nitrogen and oxygen atoms in total. The quantitative estimate of drug-likeness (QED) is 0.913. The van der Waals surface area contributed by atoms with Crippen LogP contribution in [-0.4, -0.2) is 17.9 Å². The van der Waals surface area contributed by atoms with Gasteiger partial charge in [0.25, 0.3) is 0 Å². The fourth-order valence-corrected chi connectivity index (χ4v) is 2.56. The maximum absolute atomic E-state index is 12.2. The molecule has 7 heteroatoms. The van der Waals surface area contributed by atoms with E-state index in [-0.39, 0.29) is 11.8 Å². The molecule has 1 atom stereocenters. The number of aromatic nitrogens is 1. The summed E-state index contributed by atoms with van der Waals surface area (Å²) in [5.41, 5.74) is 0.684. The van der Waals surface area contributed by atoms with Gasteiger partial charge in [0, 0.05) is 11.6 Å². The van der Waals surface area contributed by atoms with Crippen molar-refractivity contribution in [2.45, 2.75) is 19.3 Å². The van der Waals surface area contributed by atoms with E-state index in [2.05, 4.69) is 15.0 Å². The molecule has 2 aromatic rings. The van der Waals surface area contributed by atoms with Gasteiger partial charge in [0.1, 0.15) is 10.8 Å². The molecule has 0 saturated carbocycles. The summed E-state index contributed by atoms with van der Waals surface area (Å²) in [5, 5.41) is 5.83. The van der Waals surface area contributed by atoms with Crippen LogP contribution in [-0.2, 0) is 0 Å². The molecule has 0 saturated heterocycles. The zero-order valence-electron chi connectivity index (χ0n) is 10.6. The Hall–Kier alpha value is -1.60. The molecule has 20 heavy (non-hydrogen) atoms. The number of ether oxygens (including phenoxy) is 1. The molecule has 1 aromatic carbocycles. The SMILES string of the molecule is CCNC(c1cccc(OC(F)(F)F)c1)c1nccs1. The Morgan fingerprint density at radius 1 is 1.40 bits per heavy atom. The van der Waals surface area contributed by atoms with E-state index < -0.39 is 6.36 Å². The van der Waals surface area contributed by atoms with Crippen LogP contribution in [0, 0.1) is 0 Å². The highest BCUT2D eigenvalue weighted by Gasteiger charge is 2.31. The van der Waals surface area contributed by atoms with E-state index in [9.17, 15) is 13.2 Å². The maximum atomic E-state index is 12.2. The van der Waals surface area contributed by atoms with Gasteiger partial charge >= 0.3 is 6.36 Å². The minimum Gasteiger partial charge on any atom is -0.406 e. The predicted octanol–water partition coefficient (Wildman–Crippen LogP) is 3.74. The Kier molecular flexibility index (Phi) is 4.61. The topological polar surface area (TPSA) is 34.1 Å². The van der Waals surface area contributed by atoms with Crippen molar-refractivity contribution < 1.29 is 17.9 Å². The first kappa shape index (κ1) is 14.8. The van der Waals surface area contributed by atoms with Crippen LogP contribution in [0.15, 0.2) is 35.8 Å². The molecule has 0 aliphatic rings. The molecule has 1 heterocycles. The highest BCUT2D eigenvalue weighted by molar-refractivity contribution is 7.09. The molecule has 1 aromatic heterocycles. The fraction of sp³-hybridized carbons (Fsp3) is 0.308. The summed E-state index contributed by atoms with van der Waals surface area (Å²) < 4.78 is 40.7. The van der Waals surface area contributed by atoms with Crippen molar-refractivity contribution in [2.24, 2.45) is 0 Å². The van der Waals surface area contributed by atoms with Crippen molar-refractivity contribution in [3.63, 3.8) is 0 Å². The number of nitrogens with zero attached hydrogens (tertiary/aromatic N) is 1. The number of halogens is 3. The van der Waals surface area contributed by atoms with Gasteiger partial charge in [-0.1, -0.05) is 19.1 Å². The van der Waals surface area contributed by atoms with Crippen LogP contribution >= 0.6 is 11.3 Å². The molecule has 0 aliphatic heterocycles. The average molecular weight is 302 g/mol. The molecule has 0 fully saturated rings. The van der Waals surface area contributed by atoms with E-state index in [1.165, 1.54) is 29.5 Å². The zero-order chi connectivity index (χ0) is 14.6. The minimum absolute atomic E-state index is 0.227. The van der Waals surface area contributed by atoms with E-state index in [0.717, 1.165) is 5.01 Å². The minimum atomic E-state index is -4.69. The first-order valence-corrected chi connectivity index (χ1v) is 6.86. The van der Waals surface area contributed by atoms with Crippen molar-refractivity contribution in [1.29, 1.82) is 0 Å². The van der Waals surface area contributed by atoms with Crippen molar-refractivity contribution in [2.75, 3.05) is 6.54 Å². The van der Waals surface area contributed by atoms with Gasteiger partial charge < -0.3 is 10.1 Å². The Balaban J connectivity index is 2.27. The third kappa shape index (κ3) is 3.94. The Morgan fingerprint density at radius 3 is 2.80 bits per heavy atom. The van der Waals surface area contributed by atoms with Gasteiger partial charge in [-0.15, -0.1) is 24.5 Å². The summed E-state index contributed by atoms with van der Waals surface area (Å²) in [4.78, 5) is 4.21. The van der Waals surface area contributed by atoms with Gasteiger partial charge in [-0.05, 0) is 24.2 Å². The van der Waals surface area contributed by atoms with Gasteiger partial charge in [-0.3, -0.25) is 0 Å². The second-order valence-electron chi connectivity index (χ2n) is 3.98. The summed E-state index contributed by atoms with van der Waals surface area (Å²) in [6.07, 6.45) is -3.02. The molecule has 108 valence electrons. The highest BCUT2D eigenvalue weighted by atomic mass is 32.1. The molecule has 0 bridgehead atoms. The highest BCUT2D eigenvalue weighted by Crippen LogP contribution is 2.29. The lowest BCUT2D eigenvalue weighted by atomic mass is 10.1. The van der Waals surface area contributed by atoms with Gasteiger partial charge in [0.2, 0.25) is 0 Å². The van der Waals surface area contributed by atoms with Gasteiger partial charge in [0.15, 0.2) is 0 Å². The molecule has 0 aliphatic carbocycles. The second kappa shape index (κ2) is 6.23. The van der Waals surface area contributed by atoms with Crippen LogP contribution in [0.4, 0.5) is 13.2 Å². The maximum Gasteiger partial charge on any atom is 0.573 e. The van der Waals surface area contributed by atoms with E-state index in [1.807, 2.05) is 12.3 Å². The summed E-state index contributed by atoms with van der Waals surface area (Å²) >= 11 is 1.45. The molecule has 0 radical (unpaired) electrons. The van der Waals surface area contributed by atoms with E-state index in [4.69, 9.17) is 0 Å². The third-order valence-electron chi connectivity index (χ3n) is 2.53. The normalized spacial score (nSPS) is 13.2. The van der Waals surface area contributed by atoms with Crippen LogP contribution in [0.2, 0.25) is 0 Å². The van der Waals surface area contributed by atoms with E-state index in [0.29, 0.717) is 12.1 Å². The Morgan fingerprint density at radius 2 is 2.20 bits per heavy atom. The van der Waals surface area contributed by atoms with Crippen LogP contribution in [0.3, 0.4) is 0 Å². The number of benzene rings is 1. The summed E-state index contributed by atoms with van der Waals surface area (Å²) in [5.74, 6) is -0.227. The monoisotopic (exact) mass is 302 g/mol. The lowest BCUT2D eigenvalue weighted by Gasteiger charge is -2.17.